The average Bonchev–Trinajstić information content (AvgIpc) is 3.16. The van der Waals surface area contributed by atoms with Gasteiger partial charge in [-0.3, -0.25) is 4.79 Å². The first kappa shape index (κ1) is 17.2. The molecule has 0 saturated heterocycles. The van der Waals surface area contributed by atoms with Gasteiger partial charge in [-0.2, -0.15) is 5.10 Å². The van der Waals surface area contributed by atoms with Gasteiger partial charge in [-0.1, -0.05) is 34.5 Å². The molecule has 0 spiro atoms. The van der Waals surface area contributed by atoms with Crippen LogP contribution in [0.3, 0.4) is 0 Å². The number of benzene rings is 1. The highest BCUT2D eigenvalue weighted by atomic mass is 35.5. The van der Waals surface area contributed by atoms with Crippen molar-refractivity contribution in [2.24, 2.45) is 0 Å². The largest absolute Gasteiger partial charge is 0.301 e. The molecule has 1 amide bonds. The van der Waals surface area contributed by atoms with Crippen molar-refractivity contribution in [2.75, 3.05) is 5.32 Å². The van der Waals surface area contributed by atoms with Gasteiger partial charge in [0.05, 0.1) is 5.02 Å². The fraction of sp³-hybridized carbons (Fsp3) is 0.143. The number of halogens is 3. The number of aromatic nitrogens is 4. The highest BCUT2D eigenvalue weighted by Crippen LogP contribution is 2.38. The van der Waals surface area contributed by atoms with Crippen LogP contribution in [0.5, 0.6) is 0 Å². The second kappa shape index (κ2) is 7.06. The van der Waals surface area contributed by atoms with Crippen LogP contribution in [0.2, 0.25) is 10.0 Å². The molecule has 0 saturated carbocycles. The summed E-state index contributed by atoms with van der Waals surface area (Å²) in [6, 6.07) is 5.10. The fourth-order valence-electron chi connectivity index (χ4n) is 1.90. The summed E-state index contributed by atoms with van der Waals surface area (Å²) in [5.74, 6) is -0.343. The van der Waals surface area contributed by atoms with Gasteiger partial charge in [-0.15, -0.1) is 11.6 Å². The molecular formula is C14H10Cl3N5OS. The number of hydrogen-bond donors (Lipinski definition) is 1. The molecule has 1 atom stereocenters. The first-order valence-electron chi connectivity index (χ1n) is 6.72. The fourth-order valence-corrected chi connectivity index (χ4v) is 3.36. The lowest BCUT2D eigenvalue weighted by Gasteiger charge is -2.04. The smallest absolute Gasteiger partial charge is 0.243 e. The Morgan fingerprint density at radius 1 is 1.38 bits per heavy atom. The maximum atomic E-state index is 11.8. The molecule has 24 heavy (non-hydrogen) atoms. The lowest BCUT2D eigenvalue weighted by atomic mass is 10.1. The highest BCUT2D eigenvalue weighted by molar-refractivity contribution is 7.18. The van der Waals surface area contributed by atoms with Gasteiger partial charge >= 0.3 is 0 Å². The van der Waals surface area contributed by atoms with E-state index in [0.29, 0.717) is 31.4 Å². The zero-order chi connectivity index (χ0) is 17.3. The molecule has 0 aliphatic rings. The molecule has 0 bridgehead atoms. The van der Waals surface area contributed by atoms with E-state index in [2.05, 4.69) is 20.4 Å². The Balaban J connectivity index is 2.09. The summed E-state index contributed by atoms with van der Waals surface area (Å²) in [6.07, 6.45) is 2.95. The van der Waals surface area contributed by atoms with Gasteiger partial charge in [0.15, 0.2) is 5.13 Å². The van der Waals surface area contributed by atoms with Gasteiger partial charge < -0.3 is 5.32 Å². The summed E-state index contributed by atoms with van der Waals surface area (Å²) >= 11 is 19.3. The SMILES string of the molecule is CC(Cl)C(=O)Nc1nc(-c2ccc(Cl)cc2Cl)c(-n2cncn2)s1. The van der Waals surface area contributed by atoms with Crippen LogP contribution in [0.25, 0.3) is 16.3 Å². The zero-order valence-electron chi connectivity index (χ0n) is 12.2. The number of anilines is 1. The van der Waals surface area contributed by atoms with Crippen molar-refractivity contribution >= 4 is 57.2 Å². The minimum atomic E-state index is -0.675. The second-order valence-electron chi connectivity index (χ2n) is 4.74. The molecule has 1 N–H and O–H groups in total. The summed E-state index contributed by atoms with van der Waals surface area (Å²) in [4.78, 5) is 20.2. The predicted molar refractivity (Wildman–Crippen MR) is 96.4 cm³/mol. The topological polar surface area (TPSA) is 72.7 Å². The van der Waals surface area contributed by atoms with Gasteiger partial charge in [-0.25, -0.2) is 14.6 Å². The average molecular weight is 403 g/mol. The van der Waals surface area contributed by atoms with Crippen LogP contribution < -0.4 is 5.32 Å². The van der Waals surface area contributed by atoms with Crippen molar-refractivity contribution in [1.82, 2.24) is 19.7 Å². The first-order chi connectivity index (χ1) is 11.5. The second-order valence-corrected chi connectivity index (χ2v) is 7.22. The minimum absolute atomic E-state index is 0.343. The van der Waals surface area contributed by atoms with E-state index >= 15 is 0 Å². The number of rotatable bonds is 4. The summed E-state index contributed by atoms with van der Waals surface area (Å²) in [5.41, 5.74) is 1.23. The van der Waals surface area contributed by atoms with E-state index in [4.69, 9.17) is 34.8 Å². The van der Waals surface area contributed by atoms with E-state index in [1.54, 1.807) is 29.8 Å². The van der Waals surface area contributed by atoms with Crippen LogP contribution in [0.1, 0.15) is 6.92 Å². The zero-order valence-corrected chi connectivity index (χ0v) is 15.3. The molecule has 0 fully saturated rings. The highest BCUT2D eigenvalue weighted by Gasteiger charge is 2.20. The molecule has 3 aromatic rings. The molecule has 2 heterocycles. The van der Waals surface area contributed by atoms with Gasteiger partial charge in [0, 0.05) is 10.6 Å². The number of hydrogen-bond acceptors (Lipinski definition) is 5. The molecule has 0 radical (unpaired) electrons. The van der Waals surface area contributed by atoms with Crippen LogP contribution in [-0.2, 0) is 4.79 Å². The summed E-state index contributed by atoms with van der Waals surface area (Å²) < 4.78 is 1.55. The molecule has 0 aliphatic carbocycles. The Labute approximate surface area is 156 Å². The van der Waals surface area contributed by atoms with Crippen molar-refractivity contribution in [1.29, 1.82) is 0 Å². The van der Waals surface area contributed by atoms with Crippen molar-refractivity contribution in [3.8, 4) is 16.3 Å². The van der Waals surface area contributed by atoms with E-state index in [1.807, 2.05) is 0 Å². The van der Waals surface area contributed by atoms with E-state index in [9.17, 15) is 4.79 Å². The Bertz CT molecular complexity index is 879. The normalized spacial score (nSPS) is 12.2. The van der Waals surface area contributed by atoms with Crippen LogP contribution in [0.4, 0.5) is 5.13 Å². The number of amides is 1. The van der Waals surface area contributed by atoms with Gasteiger partial charge in [0.25, 0.3) is 0 Å². The molecule has 0 aliphatic heterocycles. The molecule has 1 aromatic carbocycles. The first-order valence-corrected chi connectivity index (χ1v) is 8.73. The number of nitrogens with one attached hydrogen (secondary N) is 1. The number of carbonyl (C=O) groups excluding carboxylic acids is 1. The third-order valence-electron chi connectivity index (χ3n) is 3.01. The molecule has 6 nitrogen and oxygen atoms in total. The molecule has 124 valence electrons. The lowest BCUT2D eigenvalue weighted by molar-refractivity contribution is -0.115. The van der Waals surface area contributed by atoms with Crippen molar-refractivity contribution in [3.05, 3.63) is 40.9 Å². The molecule has 10 heteroatoms. The third kappa shape index (κ3) is 3.54. The van der Waals surface area contributed by atoms with Gasteiger partial charge in [-0.05, 0) is 25.1 Å². The van der Waals surface area contributed by atoms with Crippen LogP contribution in [-0.4, -0.2) is 31.0 Å². The standard InChI is InChI=1S/C14H10Cl3N5OS/c1-7(15)12(23)21-14-20-11(9-3-2-8(16)4-10(9)17)13(24-14)22-6-18-5-19-22/h2-7H,1H3,(H,20,21,23). The molecule has 1 unspecified atom stereocenters. The summed E-state index contributed by atoms with van der Waals surface area (Å²) in [7, 11) is 0. The Kier molecular flexibility index (Phi) is 5.05. The van der Waals surface area contributed by atoms with Gasteiger partial charge in [0.1, 0.15) is 28.7 Å². The van der Waals surface area contributed by atoms with Crippen molar-refractivity contribution < 1.29 is 4.79 Å². The Morgan fingerprint density at radius 2 is 2.17 bits per heavy atom. The maximum absolute atomic E-state index is 11.8. The Morgan fingerprint density at radius 3 is 2.79 bits per heavy atom. The molecule has 2 aromatic heterocycles. The van der Waals surface area contributed by atoms with E-state index in [0.717, 1.165) is 0 Å². The third-order valence-corrected chi connectivity index (χ3v) is 4.72. The number of alkyl halides is 1. The van der Waals surface area contributed by atoms with Crippen LogP contribution in [0, 0.1) is 0 Å². The maximum Gasteiger partial charge on any atom is 0.243 e. The van der Waals surface area contributed by atoms with E-state index < -0.39 is 5.38 Å². The predicted octanol–water partition coefficient (Wildman–Crippen LogP) is 4.26. The van der Waals surface area contributed by atoms with E-state index in [1.165, 1.54) is 24.0 Å². The summed E-state index contributed by atoms with van der Waals surface area (Å²) in [6.45, 7) is 1.58. The minimum Gasteiger partial charge on any atom is -0.301 e. The number of thiazole rings is 1. The van der Waals surface area contributed by atoms with Crippen LogP contribution in [0.15, 0.2) is 30.9 Å². The lowest BCUT2D eigenvalue weighted by Crippen LogP contribution is -2.20. The number of nitrogens with zero attached hydrogens (tertiary/aromatic N) is 4. The van der Waals surface area contributed by atoms with Gasteiger partial charge in [0.2, 0.25) is 5.91 Å². The van der Waals surface area contributed by atoms with Crippen molar-refractivity contribution in [3.63, 3.8) is 0 Å². The summed E-state index contributed by atoms with van der Waals surface area (Å²) in [5, 5.41) is 8.12. The van der Waals surface area contributed by atoms with Crippen molar-refractivity contribution in [2.45, 2.75) is 12.3 Å². The molecule has 3 rings (SSSR count). The number of carbonyl (C=O) groups is 1. The monoisotopic (exact) mass is 401 g/mol. The van der Waals surface area contributed by atoms with Crippen LogP contribution >= 0.6 is 46.1 Å². The quantitative estimate of drug-likeness (QED) is 0.662. The molecular weight excluding hydrogens is 393 g/mol. The van der Waals surface area contributed by atoms with E-state index in [-0.39, 0.29) is 5.91 Å². The Hall–Kier alpha value is -1.67.